The SMILES string of the molecule is Cc1c(C(=O)Nc2ccc3n[nH]c(Br)c3c2)cnc2cncn12. The predicted molar refractivity (Wildman–Crippen MR) is 89.5 cm³/mol. The minimum absolute atomic E-state index is 0.218. The Balaban J connectivity index is 1.69. The summed E-state index contributed by atoms with van der Waals surface area (Å²) in [4.78, 5) is 20.8. The fourth-order valence-corrected chi connectivity index (χ4v) is 2.88. The zero-order chi connectivity index (χ0) is 16.0. The van der Waals surface area contributed by atoms with Crippen molar-refractivity contribution < 1.29 is 4.79 Å². The highest BCUT2D eigenvalue weighted by Gasteiger charge is 2.13. The van der Waals surface area contributed by atoms with Crippen LogP contribution < -0.4 is 5.32 Å². The summed E-state index contributed by atoms with van der Waals surface area (Å²) < 4.78 is 2.56. The molecule has 0 fully saturated rings. The van der Waals surface area contributed by atoms with Gasteiger partial charge in [-0.3, -0.25) is 14.3 Å². The second kappa shape index (κ2) is 5.17. The lowest BCUT2D eigenvalue weighted by Crippen LogP contribution is -2.15. The van der Waals surface area contributed by atoms with E-state index < -0.39 is 0 Å². The number of benzene rings is 1. The van der Waals surface area contributed by atoms with Crippen molar-refractivity contribution in [2.24, 2.45) is 0 Å². The van der Waals surface area contributed by atoms with E-state index in [0.29, 0.717) is 16.9 Å². The first-order chi connectivity index (χ1) is 11.1. The Bertz CT molecular complexity index is 1050. The Morgan fingerprint density at radius 2 is 2.22 bits per heavy atom. The molecule has 0 radical (unpaired) electrons. The van der Waals surface area contributed by atoms with Gasteiger partial charge in [-0.15, -0.1) is 0 Å². The molecular weight excluding hydrogens is 360 g/mol. The van der Waals surface area contributed by atoms with Crippen molar-refractivity contribution in [2.45, 2.75) is 6.92 Å². The van der Waals surface area contributed by atoms with E-state index in [1.807, 2.05) is 25.1 Å². The van der Waals surface area contributed by atoms with Gasteiger partial charge < -0.3 is 5.32 Å². The second-order valence-electron chi connectivity index (χ2n) is 5.10. The largest absolute Gasteiger partial charge is 0.322 e. The number of carbonyl (C=O) groups excluding carboxylic acids is 1. The molecule has 8 heteroatoms. The maximum Gasteiger partial charge on any atom is 0.259 e. The number of hydrogen-bond donors (Lipinski definition) is 2. The molecule has 114 valence electrons. The van der Waals surface area contributed by atoms with Crippen LogP contribution in [0.2, 0.25) is 0 Å². The highest BCUT2D eigenvalue weighted by atomic mass is 79.9. The lowest BCUT2D eigenvalue weighted by atomic mass is 10.2. The zero-order valence-corrected chi connectivity index (χ0v) is 13.6. The molecule has 0 unspecified atom stereocenters. The fraction of sp³-hybridized carbons (Fsp3) is 0.0667. The Morgan fingerprint density at radius 3 is 3.09 bits per heavy atom. The number of halogens is 1. The predicted octanol–water partition coefficient (Wildman–Crippen LogP) is 2.93. The molecule has 2 N–H and O–H groups in total. The summed E-state index contributed by atoms with van der Waals surface area (Å²) in [5.41, 5.74) is 3.52. The summed E-state index contributed by atoms with van der Waals surface area (Å²) in [6.07, 6.45) is 4.86. The molecule has 3 aromatic heterocycles. The first kappa shape index (κ1) is 13.9. The monoisotopic (exact) mass is 370 g/mol. The highest BCUT2D eigenvalue weighted by molar-refractivity contribution is 9.10. The van der Waals surface area contributed by atoms with Crippen LogP contribution in [0.15, 0.2) is 41.5 Å². The van der Waals surface area contributed by atoms with E-state index in [4.69, 9.17) is 0 Å². The molecule has 0 spiro atoms. The Hall–Kier alpha value is -2.74. The normalized spacial score (nSPS) is 11.2. The Morgan fingerprint density at radius 1 is 1.35 bits per heavy atom. The van der Waals surface area contributed by atoms with Crippen molar-refractivity contribution in [3.05, 3.63) is 52.8 Å². The van der Waals surface area contributed by atoms with Crippen LogP contribution in [-0.4, -0.2) is 30.5 Å². The summed E-state index contributed by atoms with van der Waals surface area (Å²) >= 11 is 3.40. The van der Waals surface area contributed by atoms with E-state index in [0.717, 1.165) is 21.2 Å². The molecular formula is C15H11BrN6O. The summed E-state index contributed by atoms with van der Waals surface area (Å²) in [5.74, 6) is -0.218. The van der Waals surface area contributed by atoms with E-state index in [9.17, 15) is 4.79 Å². The Labute approximate surface area is 138 Å². The number of nitrogens with one attached hydrogen (secondary N) is 2. The number of amides is 1. The third-order valence-electron chi connectivity index (χ3n) is 3.71. The van der Waals surface area contributed by atoms with Crippen LogP contribution >= 0.6 is 15.9 Å². The second-order valence-corrected chi connectivity index (χ2v) is 5.90. The van der Waals surface area contributed by atoms with Gasteiger partial charge in [-0.2, -0.15) is 5.10 Å². The number of fused-ring (bicyclic) bond motifs is 2. The van der Waals surface area contributed by atoms with Gasteiger partial charge in [0, 0.05) is 23.0 Å². The van der Waals surface area contributed by atoms with Crippen LogP contribution in [-0.2, 0) is 0 Å². The molecule has 0 saturated heterocycles. The molecule has 0 atom stereocenters. The van der Waals surface area contributed by atoms with Crippen LogP contribution in [0.1, 0.15) is 16.1 Å². The van der Waals surface area contributed by atoms with E-state index in [1.54, 1.807) is 23.1 Å². The number of anilines is 1. The molecule has 4 rings (SSSR count). The van der Waals surface area contributed by atoms with Crippen molar-refractivity contribution in [1.82, 2.24) is 24.6 Å². The first-order valence-electron chi connectivity index (χ1n) is 6.86. The zero-order valence-electron chi connectivity index (χ0n) is 12.0. The van der Waals surface area contributed by atoms with Crippen LogP contribution in [0, 0.1) is 6.92 Å². The van der Waals surface area contributed by atoms with Gasteiger partial charge in [0.15, 0.2) is 5.65 Å². The van der Waals surface area contributed by atoms with Crippen molar-refractivity contribution in [1.29, 1.82) is 0 Å². The molecule has 0 aliphatic carbocycles. The summed E-state index contributed by atoms with van der Waals surface area (Å²) in [5, 5.41) is 10.8. The fourth-order valence-electron chi connectivity index (χ4n) is 2.47. The molecule has 1 amide bonds. The molecule has 7 nitrogen and oxygen atoms in total. The number of carbonyl (C=O) groups is 1. The standard InChI is InChI=1S/C15H11BrN6O/c1-8-11(5-18-13-6-17-7-22(8)13)15(23)19-9-2-3-12-10(4-9)14(16)21-20-12/h2-7H,1H3,(H,19,23)(H,20,21). The number of aryl methyl sites for hydroxylation is 1. The topological polar surface area (TPSA) is 88.0 Å². The van der Waals surface area contributed by atoms with Gasteiger partial charge in [0.05, 0.1) is 17.3 Å². The number of hydrogen-bond acceptors (Lipinski definition) is 4. The third kappa shape index (κ3) is 2.27. The maximum absolute atomic E-state index is 12.5. The quantitative estimate of drug-likeness (QED) is 0.567. The van der Waals surface area contributed by atoms with E-state index >= 15 is 0 Å². The number of H-pyrrole nitrogens is 1. The summed E-state index contributed by atoms with van der Waals surface area (Å²) in [6.45, 7) is 1.86. The smallest absolute Gasteiger partial charge is 0.259 e. The average molecular weight is 371 g/mol. The number of aromatic amines is 1. The van der Waals surface area contributed by atoms with Gasteiger partial charge in [0.1, 0.15) is 10.9 Å². The van der Waals surface area contributed by atoms with E-state index in [2.05, 4.69) is 41.4 Å². The van der Waals surface area contributed by atoms with Crippen LogP contribution in [0.25, 0.3) is 16.6 Å². The van der Waals surface area contributed by atoms with E-state index in [1.165, 1.54) is 0 Å². The van der Waals surface area contributed by atoms with Gasteiger partial charge >= 0.3 is 0 Å². The molecule has 0 aliphatic rings. The van der Waals surface area contributed by atoms with Gasteiger partial charge in [-0.1, -0.05) is 0 Å². The van der Waals surface area contributed by atoms with Crippen molar-refractivity contribution in [2.75, 3.05) is 5.32 Å². The first-order valence-corrected chi connectivity index (χ1v) is 7.65. The van der Waals surface area contributed by atoms with Gasteiger partial charge in [0.25, 0.3) is 5.91 Å². The molecule has 4 aromatic rings. The van der Waals surface area contributed by atoms with Crippen molar-refractivity contribution in [3.8, 4) is 0 Å². The van der Waals surface area contributed by atoms with E-state index in [-0.39, 0.29) is 5.91 Å². The number of rotatable bonds is 2. The van der Waals surface area contributed by atoms with Crippen molar-refractivity contribution >= 4 is 44.1 Å². The average Bonchev–Trinajstić information content (AvgIpc) is 3.15. The molecule has 23 heavy (non-hydrogen) atoms. The minimum Gasteiger partial charge on any atom is -0.322 e. The van der Waals surface area contributed by atoms with Crippen LogP contribution in [0.3, 0.4) is 0 Å². The summed E-state index contributed by atoms with van der Waals surface area (Å²) in [7, 11) is 0. The lowest BCUT2D eigenvalue weighted by molar-refractivity contribution is 0.102. The number of nitrogens with zero attached hydrogens (tertiary/aromatic N) is 4. The lowest BCUT2D eigenvalue weighted by Gasteiger charge is -2.09. The van der Waals surface area contributed by atoms with Crippen LogP contribution in [0.4, 0.5) is 5.69 Å². The molecule has 0 saturated carbocycles. The highest BCUT2D eigenvalue weighted by Crippen LogP contribution is 2.24. The molecule has 0 bridgehead atoms. The molecule has 1 aromatic carbocycles. The number of aromatic nitrogens is 5. The van der Waals surface area contributed by atoms with Crippen LogP contribution in [0.5, 0.6) is 0 Å². The van der Waals surface area contributed by atoms with Gasteiger partial charge in [-0.05, 0) is 41.1 Å². The minimum atomic E-state index is -0.218. The number of imidazole rings is 1. The summed E-state index contributed by atoms with van der Waals surface area (Å²) in [6, 6.07) is 5.52. The Kier molecular flexibility index (Phi) is 3.12. The van der Waals surface area contributed by atoms with Gasteiger partial charge in [-0.25, -0.2) is 9.97 Å². The third-order valence-corrected chi connectivity index (χ3v) is 4.31. The molecule has 3 heterocycles. The van der Waals surface area contributed by atoms with Crippen molar-refractivity contribution in [3.63, 3.8) is 0 Å². The maximum atomic E-state index is 12.5. The molecule has 0 aliphatic heterocycles. The van der Waals surface area contributed by atoms with Gasteiger partial charge in [0.2, 0.25) is 0 Å².